The monoisotopic (exact) mass is 221 g/mol. The molecule has 16 heavy (non-hydrogen) atoms. The van der Waals surface area contributed by atoms with Gasteiger partial charge in [-0.2, -0.15) is 0 Å². The largest absolute Gasteiger partial charge is 0.396 e. The van der Waals surface area contributed by atoms with Gasteiger partial charge in [0.2, 0.25) is 11.8 Å². The van der Waals surface area contributed by atoms with E-state index in [0.717, 1.165) is 6.42 Å². The smallest absolute Gasteiger partial charge is 0.233 e. The van der Waals surface area contributed by atoms with E-state index >= 15 is 0 Å². The molecular formula is C12H15NO3. The van der Waals surface area contributed by atoms with Gasteiger partial charge in [-0.25, -0.2) is 0 Å². The number of hydrogen-bond donors (Lipinski definition) is 1. The van der Waals surface area contributed by atoms with Crippen LogP contribution in [0.15, 0.2) is 12.2 Å². The first-order valence-electron chi connectivity index (χ1n) is 5.88. The molecule has 0 unspecified atom stereocenters. The molecule has 1 heterocycles. The summed E-state index contributed by atoms with van der Waals surface area (Å²) in [6.45, 7) is 0.401. The summed E-state index contributed by atoms with van der Waals surface area (Å²) in [5.41, 5.74) is 0. The Kier molecular flexibility index (Phi) is 2.14. The van der Waals surface area contributed by atoms with Crippen molar-refractivity contribution in [3.63, 3.8) is 0 Å². The SMILES string of the molecule is O=C1[C@@H]2[C@H](C(=O)N1CCCO)[C@H]1C=C[C@@H]2C1. The number of aliphatic hydroxyl groups excluding tert-OH is 1. The molecule has 0 aromatic heterocycles. The van der Waals surface area contributed by atoms with E-state index in [1.54, 1.807) is 0 Å². The molecule has 2 bridgehead atoms. The van der Waals surface area contributed by atoms with E-state index in [2.05, 4.69) is 12.2 Å². The predicted octanol–water partition coefficient (Wildman–Crippen LogP) is 0.176. The minimum atomic E-state index is -0.0961. The Balaban J connectivity index is 1.83. The summed E-state index contributed by atoms with van der Waals surface area (Å²) in [5, 5.41) is 8.76. The zero-order valence-corrected chi connectivity index (χ0v) is 9.00. The van der Waals surface area contributed by atoms with Gasteiger partial charge >= 0.3 is 0 Å². The molecule has 0 aromatic carbocycles. The summed E-state index contributed by atoms with van der Waals surface area (Å²) in [7, 11) is 0. The van der Waals surface area contributed by atoms with Crippen LogP contribution in [0.1, 0.15) is 12.8 Å². The van der Waals surface area contributed by atoms with E-state index in [4.69, 9.17) is 5.11 Å². The molecule has 1 saturated heterocycles. The van der Waals surface area contributed by atoms with Crippen LogP contribution in [0.25, 0.3) is 0 Å². The van der Waals surface area contributed by atoms with Crippen molar-refractivity contribution in [1.29, 1.82) is 0 Å². The third-order valence-corrected chi connectivity index (χ3v) is 4.10. The molecule has 1 aliphatic heterocycles. The lowest BCUT2D eigenvalue weighted by atomic mass is 9.85. The Bertz CT molecular complexity index is 346. The molecule has 2 fully saturated rings. The van der Waals surface area contributed by atoms with Crippen molar-refractivity contribution >= 4 is 11.8 Å². The van der Waals surface area contributed by atoms with Crippen LogP contribution in [0.2, 0.25) is 0 Å². The van der Waals surface area contributed by atoms with Crippen molar-refractivity contribution in [2.75, 3.05) is 13.2 Å². The molecule has 2 aliphatic carbocycles. The highest BCUT2D eigenvalue weighted by Gasteiger charge is 2.58. The molecule has 3 rings (SSSR count). The van der Waals surface area contributed by atoms with E-state index in [1.165, 1.54) is 4.90 Å². The summed E-state index contributed by atoms with van der Waals surface area (Å²) in [6, 6.07) is 0. The quantitative estimate of drug-likeness (QED) is 0.546. The number of imide groups is 1. The number of rotatable bonds is 3. The van der Waals surface area contributed by atoms with Gasteiger partial charge in [0.05, 0.1) is 11.8 Å². The molecule has 2 amide bonds. The molecule has 4 nitrogen and oxygen atoms in total. The molecule has 4 atom stereocenters. The van der Waals surface area contributed by atoms with E-state index in [1.807, 2.05) is 0 Å². The molecule has 0 radical (unpaired) electrons. The van der Waals surface area contributed by atoms with Crippen molar-refractivity contribution < 1.29 is 14.7 Å². The fourth-order valence-electron chi connectivity index (χ4n) is 3.41. The first-order valence-corrected chi connectivity index (χ1v) is 5.88. The van der Waals surface area contributed by atoms with Crippen molar-refractivity contribution in [1.82, 2.24) is 4.90 Å². The zero-order valence-electron chi connectivity index (χ0n) is 9.00. The summed E-state index contributed by atoms with van der Waals surface area (Å²) < 4.78 is 0. The Labute approximate surface area is 93.9 Å². The topological polar surface area (TPSA) is 57.6 Å². The Hall–Kier alpha value is -1.16. The van der Waals surface area contributed by atoms with Gasteiger partial charge in [-0.15, -0.1) is 0 Å². The maximum atomic E-state index is 12.1. The van der Waals surface area contributed by atoms with E-state index in [-0.39, 0.29) is 42.1 Å². The summed E-state index contributed by atoms with van der Waals surface area (Å²) in [5.74, 6) is 0.346. The van der Waals surface area contributed by atoms with Crippen molar-refractivity contribution in [3.8, 4) is 0 Å². The zero-order chi connectivity index (χ0) is 11.3. The Morgan fingerprint density at radius 3 is 2.25 bits per heavy atom. The van der Waals surface area contributed by atoms with Crippen LogP contribution in [0.4, 0.5) is 0 Å². The first-order chi connectivity index (χ1) is 7.74. The first kappa shape index (κ1) is 10.0. The Morgan fingerprint density at radius 1 is 1.19 bits per heavy atom. The number of aliphatic hydroxyl groups is 1. The van der Waals surface area contributed by atoms with Crippen LogP contribution in [-0.4, -0.2) is 35.0 Å². The van der Waals surface area contributed by atoms with Crippen molar-refractivity contribution in [3.05, 3.63) is 12.2 Å². The third-order valence-electron chi connectivity index (χ3n) is 4.10. The average Bonchev–Trinajstić information content (AvgIpc) is 2.92. The molecule has 3 aliphatic rings. The van der Waals surface area contributed by atoms with E-state index in [0.29, 0.717) is 13.0 Å². The number of likely N-dealkylation sites (tertiary alicyclic amines) is 1. The second kappa shape index (κ2) is 3.42. The molecule has 1 N–H and O–H groups in total. The lowest BCUT2D eigenvalue weighted by Gasteiger charge is -2.16. The van der Waals surface area contributed by atoms with Gasteiger partial charge in [0.15, 0.2) is 0 Å². The van der Waals surface area contributed by atoms with Gasteiger partial charge in [-0.3, -0.25) is 14.5 Å². The second-order valence-electron chi connectivity index (χ2n) is 4.91. The van der Waals surface area contributed by atoms with Gasteiger partial charge in [0.25, 0.3) is 0 Å². The summed E-state index contributed by atoms with van der Waals surface area (Å²) >= 11 is 0. The number of nitrogens with zero attached hydrogens (tertiary/aromatic N) is 1. The normalized spacial score (nSPS) is 39.9. The highest BCUT2D eigenvalue weighted by atomic mass is 16.3. The van der Waals surface area contributed by atoms with Crippen LogP contribution in [0.5, 0.6) is 0 Å². The maximum absolute atomic E-state index is 12.1. The maximum Gasteiger partial charge on any atom is 0.233 e. The second-order valence-corrected chi connectivity index (χ2v) is 4.91. The van der Waals surface area contributed by atoms with Crippen LogP contribution in [0.3, 0.4) is 0 Å². The highest BCUT2D eigenvalue weighted by Crippen LogP contribution is 2.52. The number of fused-ring (bicyclic) bond motifs is 5. The predicted molar refractivity (Wildman–Crippen MR) is 56.1 cm³/mol. The fourth-order valence-corrected chi connectivity index (χ4v) is 3.41. The molecule has 0 aromatic rings. The van der Waals surface area contributed by atoms with E-state index in [9.17, 15) is 9.59 Å². The third kappa shape index (κ3) is 1.13. The Morgan fingerprint density at radius 2 is 1.75 bits per heavy atom. The number of amides is 2. The average molecular weight is 221 g/mol. The lowest BCUT2D eigenvalue weighted by Crippen LogP contribution is -2.34. The standard InChI is InChI=1S/C12H15NO3/c14-5-1-4-13-11(15)9-7-2-3-8(6-7)10(9)12(13)16/h2-3,7-10,14H,1,4-6H2/t7-,8+,9+,10-. The van der Waals surface area contributed by atoms with Gasteiger partial charge < -0.3 is 5.11 Å². The summed E-state index contributed by atoms with van der Waals surface area (Å²) in [6.07, 6.45) is 5.64. The summed E-state index contributed by atoms with van der Waals surface area (Å²) in [4.78, 5) is 25.5. The minimum Gasteiger partial charge on any atom is -0.396 e. The molecule has 86 valence electrons. The van der Waals surface area contributed by atoms with Crippen LogP contribution in [0, 0.1) is 23.7 Å². The van der Waals surface area contributed by atoms with E-state index < -0.39 is 0 Å². The molecule has 0 spiro atoms. The fraction of sp³-hybridized carbons (Fsp3) is 0.667. The number of allylic oxidation sites excluding steroid dienone is 2. The molecule has 4 heteroatoms. The van der Waals surface area contributed by atoms with Crippen LogP contribution in [-0.2, 0) is 9.59 Å². The molecular weight excluding hydrogens is 206 g/mol. The van der Waals surface area contributed by atoms with Crippen LogP contribution >= 0.6 is 0 Å². The van der Waals surface area contributed by atoms with Crippen molar-refractivity contribution in [2.24, 2.45) is 23.7 Å². The highest BCUT2D eigenvalue weighted by molar-refractivity contribution is 6.06. The number of carbonyl (C=O) groups is 2. The molecule has 1 saturated carbocycles. The minimum absolute atomic E-state index is 0.0136. The number of carbonyl (C=O) groups excluding carboxylic acids is 2. The van der Waals surface area contributed by atoms with Gasteiger partial charge in [0, 0.05) is 13.2 Å². The van der Waals surface area contributed by atoms with Gasteiger partial charge in [-0.05, 0) is 24.7 Å². The number of hydrogen-bond acceptors (Lipinski definition) is 3. The van der Waals surface area contributed by atoms with Gasteiger partial charge in [-0.1, -0.05) is 12.2 Å². The van der Waals surface area contributed by atoms with Crippen molar-refractivity contribution in [2.45, 2.75) is 12.8 Å². The van der Waals surface area contributed by atoms with Gasteiger partial charge in [0.1, 0.15) is 0 Å². The van der Waals surface area contributed by atoms with Crippen LogP contribution < -0.4 is 0 Å². The lowest BCUT2D eigenvalue weighted by molar-refractivity contribution is -0.140.